The van der Waals surface area contributed by atoms with E-state index in [1.54, 1.807) is 0 Å². The van der Waals surface area contributed by atoms with Gasteiger partial charge in [-0.2, -0.15) is 0 Å². The second kappa shape index (κ2) is 5.71. The number of ether oxygens (including phenoxy) is 1. The molecule has 4 heteroatoms. The van der Waals surface area contributed by atoms with Crippen LogP contribution in [0.1, 0.15) is 18.5 Å². The van der Waals surface area contributed by atoms with E-state index in [1.165, 1.54) is 0 Å². The Labute approximate surface area is 97.5 Å². The van der Waals surface area contributed by atoms with Crippen molar-refractivity contribution in [2.75, 3.05) is 13.2 Å². The van der Waals surface area contributed by atoms with E-state index in [0.29, 0.717) is 18.2 Å². The molecule has 0 heterocycles. The number of hydrogen-bond donors (Lipinski definition) is 1. The van der Waals surface area contributed by atoms with Gasteiger partial charge in [-0.05, 0) is 30.7 Å². The van der Waals surface area contributed by atoms with Gasteiger partial charge in [-0.1, -0.05) is 27.5 Å². The van der Waals surface area contributed by atoms with Crippen molar-refractivity contribution >= 4 is 27.5 Å². The molecular formula is C10H13BrClNO. The standard InChI is InChI=1S/C10H13BrClNO/c1-2-14-6-10(13)8-5-7(11)3-4-9(8)12/h3-5,10H,2,6,13H2,1H3. The molecule has 0 aliphatic carbocycles. The topological polar surface area (TPSA) is 35.2 Å². The first kappa shape index (κ1) is 12.0. The molecule has 0 aromatic heterocycles. The molecule has 1 aromatic carbocycles. The smallest absolute Gasteiger partial charge is 0.0659 e. The Morgan fingerprint density at radius 3 is 2.93 bits per heavy atom. The molecule has 2 nitrogen and oxygen atoms in total. The summed E-state index contributed by atoms with van der Waals surface area (Å²) in [7, 11) is 0. The average molecular weight is 279 g/mol. The Kier molecular flexibility index (Phi) is 4.89. The minimum Gasteiger partial charge on any atom is -0.380 e. The maximum atomic E-state index is 6.01. The molecule has 0 spiro atoms. The van der Waals surface area contributed by atoms with Crippen LogP contribution in [0.25, 0.3) is 0 Å². The first-order valence-electron chi connectivity index (χ1n) is 4.43. The van der Waals surface area contributed by atoms with Gasteiger partial charge in [0.2, 0.25) is 0 Å². The van der Waals surface area contributed by atoms with Crippen LogP contribution in [-0.2, 0) is 4.74 Å². The van der Waals surface area contributed by atoms with Gasteiger partial charge in [-0.25, -0.2) is 0 Å². The molecule has 0 fully saturated rings. The first-order chi connectivity index (χ1) is 6.65. The summed E-state index contributed by atoms with van der Waals surface area (Å²) in [6.07, 6.45) is 0. The lowest BCUT2D eigenvalue weighted by Crippen LogP contribution is -2.17. The summed E-state index contributed by atoms with van der Waals surface area (Å²) in [5.74, 6) is 0. The summed E-state index contributed by atoms with van der Waals surface area (Å²) < 4.78 is 6.22. The molecule has 0 saturated heterocycles. The van der Waals surface area contributed by atoms with E-state index in [4.69, 9.17) is 22.1 Å². The quantitative estimate of drug-likeness (QED) is 0.918. The number of halogens is 2. The Hall–Kier alpha value is -0.0900. The molecule has 14 heavy (non-hydrogen) atoms. The zero-order valence-corrected chi connectivity index (χ0v) is 10.3. The van der Waals surface area contributed by atoms with Crippen molar-refractivity contribution in [3.05, 3.63) is 33.3 Å². The normalized spacial score (nSPS) is 12.9. The molecular weight excluding hydrogens is 265 g/mol. The second-order valence-electron chi connectivity index (χ2n) is 2.93. The predicted octanol–water partition coefficient (Wildman–Crippen LogP) is 3.14. The van der Waals surface area contributed by atoms with E-state index in [0.717, 1.165) is 10.0 Å². The van der Waals surface area contributed by atoms with Gasteiger partial charge in [0, 0.05) is 16.1 Å². The lowest BCUT2D eigenvalue weighted by atomic mass is 10.1. The molecule has 0 aliphatic rings. The molecule has 0 radical (unpaired) electrons. The van der Waals surface area contributed by atoms with Gasteiger partial charge in [0.25, 0.3) is 0 Å². The van der Waals surface area contributed by atoms with Crippen LogP contribution in [0, 0.1) is 0 Å². The maximum Gasteiger partial charge on any atom is 0.0659 e. The number of nitrogens with two attached hydrogens (primary N) is 1. The van der Waals surface area contributed by atoms with Crippen LogP contribution in [0.3, 0.4) is 0 Å². The fraction of sp³-hybridized carbons (Fsp3) is 0.400. The van der Waals surface area contributed by atoms with Crippen molar-refractivity contribution in [1.29, 1.82) is 0 Å². The third-order valence-corrected chi connectivity index (χ3v) is 2.70. The largest absolute Gasteiger partial charge is 0.380 e. The summed E-state index contributed by atoms with van der Waals surface area (Å²) >= 11 is 9.39. The van der Waals surface area contributed by atoms with Gasteiger partial charge in [-0.15, -0.1) is 0 Å². The van der Waals surface area contributed by atoms with Gasteiger partial charge in [0.05, 0.1) is 12.6 Å². The first-order valence-corrected chi connectivity index (χ1v) is 5.60. The zero-order chi connectivity index (χ0) is 10.6. The van der Waals surface area contributed by atoms with E-state index in [2.05, 4.69) is 15.9 Å². The fourth-order valence-corrected chi connectivity index (χ4v) is 1.77. The lowest BCUT2D eigenvalue weighted by Gasteiger charge is -2.13. The summed E-state index contributed by atoms with van der Waals surface area (Å²) in [5, 5.41) is 0.681. The van der Waals surface area contributed by atoms with E-state index >= 15 is 0 Å². The van der Waals surface area contributed by atoms with Gasteiger partial charge in [0.15, 0.2) is 0 Å². The van der Waals surface area contributed by atoms with E-state index in [-0.39, 0.29) is 6.04 Å². The van der Waals surface area contributed by atoms with Crippen molar-refractivity contribution in [3.8, 4) is 0 Å². The highest BCUT2D eigenvalue weighted by atomic mass is 79.9. The van der Waals surface area contributed by atoms with Gasteiger partial charge < -0.3 is 10.5 Å². The molecule has 0 saturated carbocycles. The van der Waals surface area contributed by atoms with Crippen LogP contribution in [-0.4, -0.2) is 13.2 Å². The monoisotopic (exact) mass is 277 g/mol. The van der Waals surface area contributed by atoms with Gasteiger partial charge >= 0.3 is 0 Å². The van der Waals surface area contributed by atoms with E-state index in [1.807, 2.05) is 25.1 Å². The van der Waals surface area contributed by atoms with E-state index in [9.17, 15) is 0 Å². The summed E-state index contributed by atoms with van der Waals surface area (Å²) in [6, 6.07) is 5.47. The molecule has 2 N–H and O–H groups in total. The molecule has 0 amide bonds. The Morgan fingerprint density at radius 1 is 1.57 bits per heavy atom. The predicted molar refractivity (Wildman–Crippen MR) is 62.6 cm³/mol. The molecule has 0 aliphatic heterocycles. The van der Waals surface area contributed by atoms with Crippen LogP contribution >= 0.6 is 27.5 Å². The van der Waals surface area contributed by atoms with Crippen LogP contribution in [0.5, 0.6) is 0 Å². The second-order valence-corrected chi connectivity index (χ2v) is 4.25. The molecule has 1 atom stereocenters. The zero-order valence-electron chi connectivity index (χ0n) is 7.97. The average Bonchev–Trinajstić information content (AvgIpc) is 2.18. The molecule has 1 rings (SSSR count). The fourth-order valence-electron chi connectivity index (χ4n) is 1.13. The minimum atomic E-state index is -0.167. The van der Waals surface area contributed by atoms with Crippen molar-refractivity contribution in [3.63, 3.8) is 0 Å². The van der Waals surface area contributed by atoms with Gasteiger partial charge in [0.1, 0.15) is 0 Å². The van der Waals surface area contributed by atoms with Crippen molar-refractivity contribution in [1.82, 2.24) is 0 Å². The van der Waals surface area contributed by atoms with Crippen LogP contribution in [0.2, 0.25) is 5.02 Å². The molecule has 0 bridgehead atoms. The van der Waals surface area contributed by atoms with Crippen LogP contribution in [0.15, 0.2) is 22.7 Å². The van der Waals surface area contributed by atoms with Crippen molar-refractivity contribution in [2.45, 2.75) is 13.0 Å². The lowest BCUT2D eigenvalue weighted by molar-refractivity contribution is 0.133. The summed E-state index contributed by atoms with van der Waals surface area (Å²) in [4.78, 5) is 0. The third kappa shape index (κ3) is 3.24. The SMILES string of the molecule is CCOCC(N)c1cc(Br)ccc1Cl. The Bertz CT molecular complexity index is 306. The maximum absolute atomic E-state index is 6.01. The van der Waals surface area contributed by atoms with Gasteiger partial charge in [-0.3, -0.25) is 0 Å². The highest BCUT2D eigenvalue weighted by molar-refractivity contribution is 9.10. The van der Waals surface area contributed by atoms with Crippen molar-refractivity contribution < 1.29 is 4.74 Å². The Morgan fingerprint density at radius 2 is 2.29 bits per heavy atom. The summed E-state index contributed by atoms with van der Waals surface area (Å²) in [5.41, 5.74) is 6.83. The molecule has 1 unspecified atom stereocenters. The van der Waals surface area contributed by atoms with Crippen LogP contribution in [0.4, 0.5) is 0 Å². The number of rotatable bonds is 4. The summed E-state index contributed by atoms with van der Waals surface area (Å²) in [6.45, 7) is 3.10. The third-order valence-electron chi connectivity index (χ3n) is 1.86. The number of hydrogen-bond acceptors (Lipinski definition) is 2. The molecule has 78 valence electrons. The highest BCUT2D eigenvalue weighted by Crippen LogP contribution is 2.25. The van der Waals surface area contributed by atoms with Crippen LogP contribution < -0.4 is 5.73 Å². The van der Waals surface area contributed by atoms with E-state index < -0.39 is 0 Å². The molecule has 1 aromatic rings. The highest BCUT2D eigenvalue weighted by Gasteiger charge is 2.10. The van der Waals surface area contributed by atoms with Crippen molar-refractivity contribution in [2.24, 2.45) is 5.73 Å². The number of benzene rings is 1. The Balaban J connectivity index is 2.77. The minimum absolute atomic E-state index is 0.167.